The fraction of sp³-hybridized carbons (Fsp3) is 0. The molecular weight excluding hydrogens is 1110 g/mol. The van der Waals surface area contributed by atoms with Gasteiger partial charge in [-0.1, -0.05) is 182 Å². The molecule has 2 aromatic heterocycles. The Labute approximate surface area is 455 Å². The number of nitrogens with zero attached hydrogens (tertiary/aromatic N) is 4. The number of aromatic nitrogens is 3. The molecule has 0 bridgehead atoms. The van der Waals surface area contributed by atoms with Gasteiger partial charge >= 0.3 is 0 Å². The van der Waals surface area contributed by atoms with E-state index in [2.05, 4.69) is 254 Å². The molecule has 0 aliphatic heterocycles. The van der Waals surface area contributed by atoms with Crippen LogP contribution in [0.25, 0.3) is 98.7 Å². The van der Waals surface area contributed by atoms with Crippen molar-refractivity contribution in [3.63, 3.8) is 0 Å². The number of thiazole rings is 1. The first-order chi connectivity index (χ1) is 36.7. The number of hydrogen-bond acceptors (Lipinski definition) is 5. The van der Waals surface area contributed by atoms with Gasteiger partial charge in [-0.3, -0.25) is 19.9 Å². The normalized spacial score (nSPS) is 10.8. The maximum Gasteiger partial charge on any atom is 0.139 e. The summed E-state index contributed by atoms with van der Waals surface area (Å²) in [7, 11) is 0. The molecule has 0 spiro atoms. The van der Waals surface area contributed by atoms with Gasteiger partial charge in [0, 0.05) is 46.6 Å². The second kappa shape index (κ2) is 22.5. The Morgan fingerprint density at radius 3 is 1.29 bits per heavy atom. The third-order valence-electron chi connectivity index (χ3n) is 13.0. The molecule has 0 aliphatic carbocycles. The van der Waals surface area contributed by atoms with Gasteiger partial charge in [0.05, 0.1) is 16.9 Å². The summed E-state index contributed by atoms with van der Waals surface area (Å²) in [6.07, 6.45) is 0. The Kier molecular flexibility index (Phi) is 14.5. The van der Waals surface area contributed by atoms with Gasteiger partial charge in [0.1, 0.15) is 5.82 Å². The molecular formula is C69H46IrN4S-2. The molecule has 13 aromatic rings. The maximum absolute atomic E-state index is 5.28. The van der Waals surface area contributed by atoms with Crippen LogP contribution in [0.1, 0.15) is 0 Å². The Bertz CT molecular complexity index is 3950. The van der Waals surface area contributed by atoms with Gasteiger partial charge in [-0.2, -0.15) is 11.3 Å². The largest absolute Gasteiger partial charge is 0.295 e. The molecule has 0 saturated carbocycles. The summed E-state index contributed by atoms with van der Waals surface area (Å²) in [6, 6.07) is 104. The van der Waals surface area contributed by atoms with Crippen LogP contribution >= 0.6 is 11.3 Å². The van der Waals surface area contributed by atoms with E-state index in [1.165, 1.54) is 38.1 Å². The van der Waals surface area contributed by atoms with E-state index >= 15 is 0 Å². The molecule has 359 valence electrons. The van der Waals surface area contributed by atoms with Gasteiger partial charge < -0.3 is 0 Å². The van der Waals surface area contributed by atoms with Crippen molar-refractivity contribution in [2.45, 2.75) is 0 Å². The summed E-state index contributed by atoms with van der Waals surface area (Å²) in [5.74, 6) is 1.45. The second-order valence-electron chi connectivity index (χ2n) is 17.8. The number of anilines is 3. The molecule has 0 aliphatic rings. The molecule has 0 amide bonds. The van der Waals surface area contributed by atoms with Crippen molar-refractivity contribution in [2.75, 3.05) is 4.90 Å². The summed E-state index contributed by atoms with van der Waals surface area (Å²) >= 11 is 1.71. The molecule has 6 heteroatoms. The minimum absolute atomic E-state index is 0. The first-order valence-corrected chi connectivity index (χ1v) is 25.5. The Hall–Kier alpha value is -8.90. The molecule has 0 saturated heterocycles. The van der Waals surface area contributed by atoms with Gasteiger partial charge in [0.2, 0.25) is 0 Å². The maximum atomic E-state index is 5.28. The molecule has 2 heterocycles. The van der Waals surface area contributed by atoms with Crippen molar-refractivity contribution < 1.29 is 20.1 Å². The van der Waals surface area contributed by atoms with E-state index in [9.17, 15) is 0 Å². The van der Waals surface area contributed by atoms with Gasteiger partial charge in [0.15, 0.2) is 0 Å². The van der Waals surface area contributed by atoms with Crippen molar-refractivity contribution in [1.29, 1.82) is 0 Å². The predicted octanol–water partition coefficient (Wildman–Crippen LogP) is 18.7. The van der Waals surface area contributed by atoms with E-state index in [4.69, 9.17) is 15.0 Å². The van der Waals surface area contributed by atoms with Gasteiger partial charge in [0.25, 0.3) is 0 Å². The molecule has 75 heavy (non-hydrogen) atoms. The topological polar surface area (TPSA) is 41.9 Å². The van der Waals surface area contributed by atoms with Crippen molar-refractivity contribution >= 4 is 49.6 Å². The van der Waals surface area contributed by atoms with Crippen LogP contribution < -0.4 is 4.90 Å². The molecule has 13 rings (SSSR count). The molecule has 0 N–H and O–H groups in total. The van der Waals surface area contributed by atoms with Crippen LogP contribution in [0, 0.1) is 12.1 Å². The monoisotopic (exact) mass is 1160 g/mol. The van der Waals surface area contributed by atoms with E-state index in [1.54, 1.807) is 11.3 Å². The predicted molar refractivity (Wildman–Crippen MR) is 310 cm³/mol. The van der Waals surface area contributed by atoms with E-state index in [1.807, 2.05) is 42.5 Å². The number of hydrogen-bond donors (Lipinski definition) is 0. The minimum atomic E-state index is 0. The molecule has 4 nitrogen and oxygen atoms in total. The zero-order chi connectivity index (χ0) is 49.5. The first-order valence-electron chi connectivity index (χ1n) is 24.7. The summed E-state index contributed by atoms with van der Waals surface area (Å²) in [4.78, 5) is 17.4. The van der Waals surface area contributed by atoms with Crippen LogP contribution in [0.3, 0.4) is 0 Å². The molecule has 0 atom stereocenters. The average Bonchev–Trinajstić information content (AvgIpc) is 3.94. The third kappa shape index (κ3) is 10.8. The van der Waals surface area contributed by atoms with Crippen molar-refractivity contribution in [1.82, 2.24) is 15.0 Å². The molecule has 11 aromatic carbocycles. The van der Waals surface area contributed by atoms with Crippen LogP contribution in [-0.2, 0) is 20.1 Å². The van der Waals surface area contributed by atoms with Crippen LogP contribution in [0.4, 0.5) is 17.2 Å². The van der Waals surface area contributed by atoms with Gasteiger partial charge in [-0.25, -0.2) is 0 Å². The number of benzene rings is 11. The van der Waals surface area contributed by atoms with E-state index in [0.717, 1.165) is 72.0 Å². The zero-order valence-electron chi connectivity index (χ0n) is 40.6. The van der Waals surface area contributed by atoms with Crippen LogP contribution in [-0.4, -0.2) is 15.0 Å². The van der Waals surface area contributed by atoms with Crippen molar-refractivity contribution in [2.24, 2.45) is 0 Å². The van der Waals surface area contributed by atoms with Crippen LogP contribution in [0.5, 0.6) is 0 Å². The summed E-state index contributed by atoms with van der Waals surface area (Å²) in [6.45, 7) is 0. The van der Waals surface area contributed by atoms with Crippen molar-refractivity contribution in [3.05, 3.63) is 291 Å². The number of fused-ring (bicyclic) bond motifs is 2. The average molecular weight is 1160 g/mol. The van der Waals surface area contributed by atoms with Crippen molar-refractivity contribution in [3.8, 4) is 77.6 Å². The van der Waals surface area contributed by atoms with Crippen LogP contribution in [0.15, 0.2) is 279 Å². The van der Waals surface area contributed by atoms with E-state index < -0.39 is 0 Å². The number of rotatable bonds is 10. The van der Waals surface area contributed by atoms with E-state index in [0.29, 0.717) is 5.82 Å². The van der Waals surface area contributed by atoms with E-state index in [-0.39, 0.29) is 20.1 Å². The Morgan fingerprint density at radius 1 is 0.320 bits per heavy atom. The third-order valence-corrected chi connectivity index (χ3v) is 14.1. The molecule has 0 unspecified atom stereocenters. The van der Waals surface area contributed by atoms with Gasteiger partial charge in [-0.15, -0.1) is 70.8 Å². The SMILES string of the molecule is [Ir].[c-]1ccc(-c2cccc(-c3cccc(-c4ccccc4)c3)c2)cc1-c1nc2ccccc2s1.[c-]1ccc(-c2ccccc2)cc1-c1nc(N(c2ccccc2)c2ccccc2)c2cc(-c3ccccc3)ccc2n1. The number of para-hydroxylation sites is 3. The molecule has 1 radical (unpaired) electrons. The second-order valence-corrected chi connectivity index (χ2v) is 18.9. The first kappa shape index (κ1) is 48.4. The quantitative estimate of drug-likeness (QED) is 0.128. The fourth-order valence-corrected chi connectivity index (χ4v) is 10.3. The summed E-state index contributed by atoms with van der Waals surface area (Å²) in [5.41, 5.74) is 17.6. The zero-order valence-corrected chi connectivity index (χ0v) is 43.8. The van der Waals surface area contributed by atoms with Crippen LogP contribution in [0.2, 0.25) is 0 Å². The Balaban J connectivity index is 0.000000162. The molecule has 0 fully saturated rings. The minimum Gasteiger partial charge on any atom is -0.295 e. The fourth-order valence-electron chi connectivity index (χ4n) is 9.31. The summed E-state index contributed by atoms with van der Waals surface area (Å²) in [5, 5.41) is 1.98. The van der Waals surface area contributed by atoms with Gasteiger partial charge in [-0.05, 0) is 105 Å². The standard InChI is InChI=1S/C38H26N3.C31H20NS.Ir/c1-5-14-28(15-6-1)30-18-13-19-32(26-30)37-39-36-25-24-31(29-16-7-2-8-17-29)27-35(36)38(40-37)41(33-20-9-3-10-21-33)34-22-11-4-12-23-34;1-2-9-22(10-3-1)23-11-6-12-24(19-23)25-13-7-14-26(20-25)27-15-8-16-28(21-27)31-32-29-17-4-5-18-30(29)33-31;/h1-18,20-27H;1-15,17-21H;/q2*-1;. The summed E-state index contributed by atoms with van der Waals surface area (Å²) < 4.78 is 1.20. The Morgan fingerprint density at radius 2 is 0.747 bits per heavy atom. The smallest absolute Gasteiger partial charge is 0.139 e.